The van der Waals surface area contributed by atoms with E-state index in [0.717, 1.165) is 6.07 Å². The lowest BCUT2D eigenvalue weighted by Gasteiger charge is -2.17. The van der Waals surface area contributed by atoms with Gasteiger partial charge in [-0.05, 0) is 58.4 Å². The first-order valence-corrected chi connectivity index (χ1v) is 12.5. The number of carbonyl (C=O) groups excluding carboxylic acids is 1. The molecule has 0 saturated heterocycles. The highest BCUT2D eigenvalue weighted by Crippen LogP contribution is 2.33. The van der Waals surface area contributed by atoms with Crippen molar-refractivity contribution in [2.45, 2.75) is 39.5 Å². The molecule has 0 aliphatic heterocycles. The molecular formula is C22H27FN4O3S2. The maximum absolute atomic E-state index is 13.9. The Morgan fingerprint density at radius 3 is 2.44 bits per heavy atom. The summed E-state index contributed by atoms with van der Waals surface area (Å²) in [6, 6.07) is 5.72. The van der Waals surface area contributed by atoms with Gasteiger partial charge in [0.15, 0.2) is 0 Å². The Kier molecular flexibility index (Phi) is 6.75. The van der Waals surface area contributed by atoms with Crippen molar-refractivity contribution in [3.8, 4) is 10.7 Å². The molecule has 1 N–H and O–H groups in total. The van der Waals surface area contributed by atoms with Gasteiger partial charge in [0.05, 0.1) is 17.1 Å². The number of hydrogen-bond donors (Lipinski definition) is 1. The Balaban J connectivity index is 1.99. The maximum atomic E-state index is 13.9. The minimum absolute atomic E-state index is 0.0699. The summed E-state index contributed by atoms with van der Waals surface area (Å²) in [7, 11) is -2.21. The molecule has 3 aromatic rings. The van der Waals surface area contributed by atoms with E-state index in [1.165, 1.54) is 29.5 Å². The van der Waals surface area contributed by atoms with Crippen LogP contribution < -0.4 is 4.72 Å². The average Bonchev–Trinajstić information content (AvgIpc) is 3.26. The van der Waals surface area contributed by atoms with Gasteiger partial charge in [-0.1, -0.05) is 6.07 Å². The van der Waals surface area contributed by atoms with Crippen LogP contribution in [-0.2, 0) is 17.1 Å². The van der Waals surface area contributed by atoms with Crippen molar-refractivity contribution in [2.24, 2.45) is 7.05 Å². The third kappa shape index (κ3) is 4.42. The van der Waals surface area contributed by atoms with Crippen LogP contribution in [-0.4, -0.2) is 41.9 Å². The first-order chi connectivity index (χ1) is 15.0. The molecule has 2 aromatic heterocycles. The van der Waals surface area contributed by atoms with Crippen molar-refractivity contribution in [1.29, 1.82) is 0 Å². The number of nitrogens with zero attached hydrogens (tertiary/aromatic N) is 3. The van der Waals surface area contributed by atoms with E-state index in [-0.39, 0.29) is 16.5 Å². The molecule has 172 valence electrons. The van der Waals surface area contributed by atoms with Crippen LogP contribution in [0.2, 0.25) is 0 Å². The number of rotatable bonds is 7. The first kappa shape index (κ1) is 23.9. The zero-order valence-corrected chi connectivity index (χ0v) is 20.6. The number of amides is 1. The van der Waals surface area contributed by atoms with E-state index in [0.29, 0.717) is 45.6 Å². The molecule has 1 aromatic carbocycles. The van der Waals surface area contributed by atoms with Crippen LogP contribution in [0.25, 0.3) is 10.7 Å². The highest BCUT2D eigenvalue weighted by molar-refractivity contribution is 7.92. The Hall–Kier alpha value is -2.72. The van der Waals surface area contributed by atoms with E-state index < -0.39 is 15.8 Å². The maximum Gasteiger partial charge on any atom is 0.265 e. The number of aromatic nitrogens is 2. The number of hydrogen-bond acceptors (Lipinski definition) is 5. The van der Waals surface area contributed by atoms with E-state index in [1.54, 1.807) is 37.3 Å². The summed E-state index contributed by atoms with van der Waals surface area (Å²) in [5.41, 5.74) is 2.28. The SMILES string of the molecule is CCN(CC)C(=O)c1sc(-c2cc(S(=O)(=O)Nc3ccc(C)c(F)c3)c(C)n2C)nc1C. The minimum atomic E-state index is -3.96. The smallest absolute Gasteiger partial charge is 0.265 e. The second-order valence-corrected chi connectivity index (χ2v) is 10.2. The Bertz CT molecular complexity index is 1270. The summed E-state index contributed by atoms with van der Waals surface area (Å²) in [4.78, 5) is 19.7. The van der Waals surface area contributed by atoms with Gasteiger partial charge in [0.1, 0.15) is 20.6 Å². The fourth-order valence-corrected chi connectivity index (χ4v) is 5.80. The normalized spacial score (nSPS) is 11.6. The third-order valence-corrected chi connectivity index (χ3v) is 8.13. The number of aryl methyl sites for hydroxylation is 2. The van der Waals surface area contributed by atoms with Crippen LogP contribution in [0.4, 0.5) is 10.1 Å². The van der Waals surface area contributed by atoms with Crippen molar-refractivity contribution >= 4 is 33.0 Å². The summed E-state index contributed by atoms with van der Waals surface area (Å²) in [5.74, 6) is -0.572. The standard InChI is InChI=1S/C22H27FN4O3S2/c1-7-27(8-2)22(28)20-14(4)24-21(31-20)18-12-19(15(5)26(18)6)32(29,30)25-16-10-9-13(3)17(23)11-16/h9-12,25H,7-8H2,1-6H3. The molecule has 1 amide bonds. The Morgan fingerprint density at radius 2 is 1.84 bits per heavy atom. The highest BCUT2D eigenvalue weighted by atomic mass is 32.2. The van der Waals surface area contributed by atoms with Gasteiger partial charge in [0, 0.05) is 25.8 Å². The molecule has 0 fully saturated rings. The molecule has 2 heterocycles. The quantitative estimate of drug-likeness (QED) is 0.542. The number of halogens is 1. The van der Waals surface area contributed by atoms with Gasteiger partial charge in [-0.15, -0.1) is 11.3 Å². The van der Waals surface area contributed by atoms with Crippen LogP contribution in [0, 0.1) is 26.6 Å². The van der Waals surface area contributed by atoms with Gasteiger partial charge in [-0.25, -0.2) is 17.8 Å². The van der Waals surface area contributed by atoms with E-state index in [2.05, 4.69) is 9.71 Å². The van der Waals surface area contributed by atoms with E-state index in [4.69, 9.17) is 0 Å². The molecule has 0 radical (unpaired) electrons. The van der Waals surface area contributed by atoms with Crippen molar-refractivity contribution in [3.05, 3.63) is 51.9 Å². The number of thiazole rings is 1. The number of sulfonamides is 1. The Labute approximate surface area is 192 Å². The van der Waals surface area contributed by atoms with Crippen LogP contribution in [0.3, 0.4) is 0 Å². The van der Waals surface area contributed by atoms with E-state index in [9.17, 15) is 17.6 Å². The second kappa shape index (κ2) is 9.03. The van der Waals surface area contributed by atoms with Crippen LogP contribution in [0.15, 0.2) is 29.2 Å². The molecule has 7 nitrogen and oxygen atoms in total. The van der Waals surface area contributed by atoms with Gasteiger partial charge < -0.3 is 9.47 Å². The summed E-state index contributed by atoms with van der Waals surface area (Å²) >= 11 is 1.25. The predicted octanol–water partition coefficient (Wildman–Crippen LogP) is 4.50. The molecular weight excluding hydrogens is 451 g/mol. The largest absolute Gasteiger partial charge is 0.345 e. The zero-order chi connectivity index (χ0) is 23.8. The van der Waals surface area contributed by atoms with Crippen molar-refractivity contribution in [2.75, 3.05) is 17.8 Å². The number of anilines is 1. The molecule has 32 heavy (non-hydrogen) atoms. The van der Waals surface area contributed by atoms with E-state index >= 15 is 0 Å². The van der Waals surface area contributed by atoms with Gasteiger partial charge >= 0.3 is 0 Å². The van der Waals surface area contributed by atoms with Gasteiger partial charge in [-0.3, -0.25) is 9.52 Å². The lowest BCUT2D eigenvalue weighted by atomic mass is 10.2. The predicted molar refractivity (Wildman–Crippen MR) is 125 cm³/mol. The lowest BCUT2D eigenvalue weighted by molar-refractivity contribution is 0.0777. The van der Waals surface area contributed by atoms with E-state index in [1.807, 2.05) is 13.8 Å². The molecule has 0 unspecified atom stereocenters. The molecule has 0 aliphatic carbocycles. The number of nitrogens with one attached hydrogen (secondary N) is 1. The second-order valence-electron chi connectivity index (χ2n) is 7.52. The molecule has 10 heteroatoms. The van der Waals surface area contributed by atoms with Crippen molar-refractivity contribution in [1.82, 2.24) is 14.5 Å². The number of benzene rings is 1. The fraction of sp³-hybridized carbons (Fsp3) is 0.364. The fourth-order valence-electron chi connectivity index (χ4n) is 3.37. The van der Waals surface area contributed by atoms with Crippen LogP contribution in [0.1, 0.15) is 40.5 Å². The molecule has 0 bridgehead atoms. The lowest BCUT2D eigenvalue weighted by Crippen LogP contribution is -2.30. The molecule has 0 spiro atoms. The summed E-state index contributed by atoms with van der Waals surface area (Å²) < 4.78 is 44.1. The molecule has 3 rings (SSSR count). The zero-order valence-electron chi connectivity index (χ0n) is 19.0. The molecule has 0 aliphatic rings. The topological polar surface area (TPSA) is 84.3 Å². The van der Waals surface area contributed by atoms with Gasteiger partial charge in [0.25, 0.3) is 15.9 Å². The monoisotopic (exact) mass is 478 g/mol. The van der Waals surface area contributed by atoms with Gasteiger partial charge in [0.2, 0.25) is 0 Å². The van der Waals surface area contributed by atoms with Crippen LogP contribution >= 0.6 is 11.3 Å². The summed E-state index contributed by atoms with van der Waals surface area (Å²) in [6.45, 7) is 10.1. The summed E-state index contributed by atoms with van der Waals surface area (Å²) in [5, 5.41) is 0.562. The van der Waals surface area contributed by atoms with Crippen molar-refractivity contribution in [3.63, 3.8) is 0 Å². The molecule has 0 atom stereocenters. The highest BCUT2D eigenvalue weighted by Gasteiger charge is 2.26. The third-order valence-electron chi connectivity index (χ3n) is 5.46. The van der Waals surface area contributed by atoms with Crippen molar-refractivity contribution < 1.29 is 17.6 Å². The molecule has 0 saturated carbocycles. The summed E-state index contributed by atoms with van der Waals surface area (Å²) in [6.07, 6.45) is 0. The average molecular weight is 479 g/mol. The first-order valence-electron chi connectivity index (χ1n) is 10.2. The Morgan fingerprint density at radius 1 is 1.19 bits per heavy atom. The van der Waals surface area contributed by atoms with Crippen LogP contribution in [0.5, 0.6) is 0 Å². The van der Waals surface area contributed by atoms with Gasteiger partial charge in [-0.2, -0.15) is 0 Å². The minimum Gasteiger partial charge on any atom is -0.345 e. The number of carbonyl (C=O) groups is 1.